The zero-order valence-corrected chi connectivity index (χ0v) is 19.3. The average Bonchev–Trinajstić information content (AvgIpc) is 3.18. The quantitative estimate of drug-likeness (QED) is 0.530. The van der Waals surface area contributed by atoms with Crippen LogP contribution in [-0.2, 0) is 6.54 Å². The number of benzene rings is 2. The lowest BCUT2D eigenvalue weighted by Crippen LogP contribution is -2.34. The minimum atomic E-state index is -0.978. The molecule has 0 saturated heterocycles. The Bertz CT molecular complexity index is 1260. The molecule has 1 N–H and O–H groups in total. The zero-order chi connectivity index (χ0) is 24.1. The van der Waals surface area contributed by atoms with Crippen molar-refractivity contribution in [1.29, 1.82) is 0 Å². The molecule has 2 aromatic carbocycles. The fraction of sp³-hybridized carbons (Fsp3) is 0.333. The van der Waals surface area contributed by atoms with Gasteiger partial charge >= 0.3 is 11.7 Å². The summed E-state index contributed by atoms with van der Waals surface area (Å²) in [5.41, 5.74) is 2.08. The third kappa shape index (κ3) is 4.93. The van der Waals surface area contributed by atoms with Crippen molar-refractivity contribution >= 4 is 18.0 Å². The highest BCUT2D eigenvalue weighted by molar-refractivity contribution is 5.96. The largest absolute Gasteiger partial charge is 0.478 e. The molecule has 7 heteroatoms. The first-order chi connectivity index (χ1) is 16.5. The van der Waals surface area contributed by atoms with E-state index in [4.69, 9.17) is 0 Å². The zero-order valence-electron chi connectivity index (χ0n) is 19.3. The molecular formula is C27H29N3O4. The summed E-state index contributed by atoms with van der Waals surface area (Å²) < 4.78 is 2.57. The standard InChI is InChI=1S/C27H29N3O4/c1-2-3-13-24-28-30(25(31)21-9-5-4-6-10-21)27(34)29(24)18-19-14-16-20(17-15-19)22-11-7-8-12-23(22)26(32)33/h3,7-8,11-17,21H,2,4-6,9-10,18H2,1H3,(H,32,33). The van der Waals surface area contributed by atoms with Crippen molar-refractivity contribution in [3.8, 4) is 11.1 Å². The highest BCUT2D eigenvalue weighted by atomic mass is 16.4. The number of aromatic nitrogens is 3. The summed E-state index contributed by atoms with van der Waals surface area (Å²) in [4.78, 5) is 37.8. The van der Waals surface area contributed by atoms with Crippen molar-refractivity contribution in [2.75, 3.05) is 0 Å². The van der Waals surface area contributed by atoms with Crippen molar-refractivity contribution in [1.82, 2.24) is 14.3 Å². The summed E-state index contributed by atoms with van der Waals surface area (Å²) >= 11 is 0. The van der Waals surface area contributed by atoms with Gasteiger partial charge in [-0.05, 0) is 48.1 Å². The van der Waals surface area contributed by atoms with Gasteiger partial charge in [0.1, 0.15) is 0 Å². The summed E-state index contributed by atoms with van der Waals surface area (Å²) in [5, 5.41) is 13.8. The second-order valence-corrected chi connectivity index (χ2v) is 8.67. The fourth-order valence-corrected chi connectivity index (χ4v) is 4.47. The molecule has 0 amide bonds. The second kappa shape index (κ2) is 10.5. The number of nitrogens with zero attached hydrogens (tertiary/aromatic N) is 3. The summed E-state index contributed by atoms with van der Waals surface area (Å²) in [6.45, 7) is 2.26. The van der Waals surface area contributed by atoms with Crippen LogP contribution in [0.5, 0.6) is 0 Å². The van der Waals surface area contributed by atoms with Crippen LogP contribution >= 0.6 is 0 Å². The normalized spacial score (nSPS) is 14.5. The van der Waals surface area contributed by atoms with Gasteiger partial charge in [0, 0.05) is 5.92 Å². The lowest BCUT2D eigenvalue weighted by atomic mass is 9.89. The number of carboxylic acid groups (broad SMARTS) is 1. The van der Waals surface area contributed by atoms with Crippen LogP contribution in [0.4, 0.5) is 0 Å². The van der Waals surface area contributed by atoms with E-state index in [1.165, 1.54) is 4.57 Å². The third-order valence-electron chi connectivity index (χ3n) is 6.32. The van der Waals surface area contributed by atoms with Gasteiger partial charge in [-0.1, -0.05) is 74.7 Å². The number of hydrogen-bond acceptors (Lipinski definition) is 4. The number of carbonyl (C=O) groups excluding carboxylic acids is 1. The number of allylic oxidation sites excluding steroid dienone is 1. The van der Waals surface area contributed by atoms with Gasteiger partial charge in [-0.2, -0.15) is 0 Å². The Kier molecular flexibility index (Phi) is 7.21. The maximum atomic E-state index is 13.2. The minimum absolute atomic E-state index is 0.147. The number of hydrogen-bond donors (Lipinski definition) is 1. The van der Waals surface area contributed by atoms with E-state index < -0.39 is 11.7 Å². The van der Waals surface area contributed by atoms with E-state index in [1.54, 1.807) is 30.3 Å². The van der Waals surface area contributed by atoms with Crippen LogP contribution in [0.1, 0.15) is 72.0 Å². The van der Waals surface area contributed by atoms with Crippen LogP contribution in [-0.4, -0.2) is 31.3 Å². The van der Waals surface area contributed by atoms with Crippen molar-refractivity contribution < 1.29 is 14.7 Å². The Hall–Kier alpha value is -3.74. The molecule has 1 heterocycles. The predicted octanol–water partition coefficient (Wildman–Crippen LogP) is 5.10. The van der Waals surface area contributed by atoms with Crippen molar-refractivity contribution in [3.63, 3.8) is 0 Å². The number of rotatable bonds is 7. The second-order valence-electron chi connectivity index (χ2n) is 8.67. The highest BCUT2D eigenvalue weighted by Gasteiger charge is 2.26. The van der Waals surface area contributed by atoms with Crippen LogP contribution in [0.25, 0.3) is 17.2 Å². The number of aromatic carboxylic acids is 1. The lowest BCUT2D eigenvalue weighted by Gasteiger charge is -2.19. The lowest BCUT2D eigenvalue weighted by molar-refractivity contribution is 0.0696. The summed E-state index contributed by atoms with van der Waals surface area (Å²) in [6.07, 6.45) is 9.23. The SMILES string of the molecule is CCC=Cc1nn(C(=O)C2CCCCC2)c(=O)n1Cc1ccc(-c2ccccc2C(=O)O)cc1. The van der Waals surface area contributed by atoms with Crippen LogP contribution in [0, 0.1) is 5.92 Å². The Morgan fingerprint density at radius 3 is 2.44 bits per heavy atom. The Morgan fingerprint density at radius 1 is 1.06 bits per heavy atom. The topological polar surface area (TPSA) is 94.2 Å². The molecule has 0 bridgehead atoms. The molecule has 0 unspecified atom stereocenters. The van der Waals surface area contributed by atoms with E-state index in [1.807, 2.05) is 37.3 Å². The predicted molar refractivity (Wildman–Crippen MR) is 131 cm³/mol. The van der Waals surface area contributed by atoms with Crippen LogP contribution in [0.3, 0.4) is 0 Å². The smallest absolute Gasteiger partial charge is 0.353 e. The first-order valence-electron chi connectivity index (χ1n) is 11.8. The molecular weight excluding hydrogens is 430 g/mol. The first-order valence-corrected chi connectivity index (χ1v) is 11.8. The Labute approximate surface area is 198 Å². The highest BCUT2D eigenvalue weighted by Crippen LogP contribution is 2.26. The Morgan fingerprint density at radius 2 is 1.76 bits per heavy atom. The average molecular weight is 460 g/mol. The van der Waals surface area contributed by atoms with Gasteiger partial charge < -0.3 is 5.11 Å². The molecule has 1 aliphatic rings. The summed E-state index contributed by atoms with van der Waals surface area (Å²) in [5.74, 6) is -0.883. The van der Waals surface area contributed by atoms with E-state index in [9.17, 15) is 19.5 Å². The van der Waals surface area contributed by atoms with Gasteiger partial charge in [0.25, 0.3) is 5.91 Å². The number of carboxylic acids is 1. The molecule has 0 spiro atoms. The molecule has 0 aliphatic heterocycles. The van der Waals surface area contributed by atoms with Gasteiger partial charge in [0.05, 0.1) is 12.1 Å². The van der Waals surface area contributed by atoms with Crippen LogP contribution < -0.4 is 5.69 Å². The van der Waals surface area contributed by atoms with E-state index in [0.717, 1.165) is 54.3 Å². The molecule has 1 fully saturated rings. The van der Waals surface area contributed by atoms with E-state index >= 15 is 0 Å². The molecule has 1 saturated carbocycles. The fourth-order valence-electron chi connectivity index (χ4n) is 4.47. The van der Waals surface area contributed by atoms with E-state index in [2.05, 4.69) is 5.10 Å². The molecule has 7 nitrogen and oxygen atoms in total. The van der Waals surface area contributed by atoms with Gasteiger partial charge in [-0.15, -0.1) is 9.78 Å². The van der Waals surface area contributed by atoms with Crippen molar-refractivity contribution in [3.05, 3.63) is 82.0 Å². The van der Waals surface area contributed by atoms with Crippen LogP contribution in [0.15, 0.2) is 59.4 Å². The molecule has 0 radical (unpaired) electrons. The van der Waals surface area contributed by atoms with Gasteiger partial charge in [-0.3, -0.25) is 9.36 Å². The van der Waals surface area contributed by atoms with Gasteiger partial charge in [0.2, 0.25) is 0 Å². The molecule has 1 aliphatic carbocycles. The third-order valence-corrected chi connectivity index (χ3v) is 6.32. The molecule has 176 valence electrons. The van der Waals surface area contributed by atoms with Gasteiger partial charge in [-0.25, -0.2) is 9.59 Å². The molecule has 3 aromatic rings. The monoisotopic (exact) mass is 459 g/mol. The van der Waals surface area contributed by atoms with E-state index in [0.29, 0.717) is 11.4 Å². The van der Waals surface area contributed by atoms with Crippen molar-refractivity contribution in [2.24, 2.45) is 5.92 Å². The molecule has 4 rings (SSSR count). The number of carbonyl (C=O) groups is 2. The molecule has 34 heavy (non-hydrogen) atoms. The van der Waals surface area contributed by atoms with Crippen molar-refractivity contribution in [2.45, 2.75) is 52.0 Å². The summed E-state index contributed by atoms with van der Waals surface area (Å²) in [6, 6.07) is 14.3. The molecule has 0 atom stereocenters. The van der Waals surface area contributed by atoms with E-state index in [-0.39, 0.29) is 23.9 Å². The summed E-state index contributed by atoms with van der Waals surface area (Å²) in [7, 11) is 0. The maximum absolute atomic E-state index is 13.2. The minimum Gasteiger partial charge on any atom is -0.478 e. The van der Waals surface area contributed by atoms with Crippen LogP contribution in [0.2, 0.25) is 0 Å². The molecule has 1 aromatic heterocycles. The van der Waals surface area contributed by atoms with Gasteiger partial charge in [0.15, 0.2) is 5.82 Å². The first kappa shape index (κ1) is 23.4. The Balaban J connectivity index is 1.64. The maximum Gasteiger partial charge on any atom is 0.353 e.